The molecule has 7 heteroatoms. The first-order chi connectivity index (χ1) is 11.1. The molecule has 0 amide bonds. The van der Waals surface area contributed by atoms with Gasteiger partial charge in [-0.2, -0.15) is 0 Å². The SMILES string of the molecule is CN=C(NCC1CN(CC(C)C)CCO1)N(C)CC1CCOC1.I. The van der Waals surface area contributed by atoms with E-state index in [2.05, 4.69) is 41.0 Å². The van der Waals surface area contributed by atoms with Crippen LogP contribution in [0, 0.1) is 11.8 Å². The van der Waals surface area contributed by atoms with Crippen LogP contribution in [-0.4, -0.2) is 88.5 Å². The van der Waals surface area contributed by atoms with Crippen LogP contribution in [0.4, 0.5) is 0 Å². The molecule has 2 fully saturated rings. The first-order valence-corrected chi connectivity index (χ1v) is 8.92. The maximum Gasteiger partial charge on any atom is 0.193 e. The topological polar surface area (TPSA) is 49.3 Å². The third-order valence-corrected chi connectivity index (χ3v) is 4.46. The third kappa shape index (κ3) is 7.41. The van der Waals surface area contributed by atoms with Gasteiger partial charge in [-0.05, 0) is 12.3 Å². The van der Waals surface area contributed by atoms with Gasteiger partial charge in [0.25, 0.3) is 0 Å². The number of morpholine rings is 1. The number of hydrogen-bond acceptors (Lipinski definition) is 4. The minimum absolute atomic E-state index is 0. The molecule has 24 heavy (non-hydrogen) atoms. The summed E-state index contributed by atoms with van der Waals surface area (Å²) in [5, 5.41) is 3.47. The summed E-state index contributed by atoms with van der Waals surface area (Å²) in [6.07, 6.45) is 1.39. The molecule has 6 nitrogen and oxygen atoms in total. The number of hydrogen-bond donors (Lipinski definition) is 1. The summed E-state index contributed by atoms with van der Waals surface area (Å²) in [7, 11) is 3.94. The molecule has 2 rings (SSSR count). The zero-order valence-corrected chi connectivity index (χ0v) is 18.0. The Morgan fingerprint density at radius 2 is 2.17 bits per heavy atom. The van der Waals surface area contributed by atoms with Crippen molar-refractivity contribution in [1.82, 2.24) is 15.1 Å². The lowest BCUT2D eigenvalue weighted by molar-refractivity contribution is -0.0286. The van der Waals surface area contributed by atoms with Crippen molar-refractivity contribution in [3.63, 3.8) is 0 Å². The van der Waals surface area contributed by atoms with E-state index in [-0.39, 0.29) is 30.1 Å². The van der Waals surface area contributed by atoms with Crippen molar-refractivity contribution < 1.29 is 9.47 Å². The number of halogens is 1. The van der Waals surface area contributed by atoms with E-state index in [9.17, 15) is 0 Å². The Hall–Kier alpha value is -0.120. The Balaban J connectivity index is 0.00000288. The second-order valence-corrected chi connectivity index (χ2v) is 7.18. The highest BCUT2D eigenvalue weighted by Crippen LogP contribution is 2.13. The number of ether oxygens (including phenoxy) is 2. The van der Waals surface area contributed by atoms with E-state index >= 15 is 0 Å². The van der Waals surface area contributed by atoms with Crippen molar-refractivity contribution in [1.29, 1.82) is 0 Å². The molecule has 0 aromatic carbocycles. The van der Waals surface area contributed by atoms with Crippen molar-refractivity contribution in [2.75, 3.05) is 66.6 Å². The lowest BCUT2D eigenvalue weighted by atomic mass is 10.1. The van der Waals surface area contributed by atoms with Gasteiger partial charge in [-0.25, -0.2) is 0 Å². The first kappa shape index (κ1) is 21.9. The molecule has 0 saturated carbocycles. The summed E-state index contributed by atoms with van der Waals surface area (Å²) in [5.74, 6) is 2.27. The normalized spacial score (nSPS) is 25.6. The van der Waals surface area contributed by atoms with Crippen molar-refractivity contribution in [2.24, 2.45) is 16.8 Å². The molecule has 2 aliphatic rings. The summed E-state index contributed by atoms with van der Waals surface area (Å²) < 4.78 is 11.4. The molecule has 2 atom stereocenters. The smallest absolute Gasteiger partial charge is 0.193 e. The van der Waals surface area contributed by atoms with Crippen LogP contribution in [0.3, 0.4) is 0 Å². The number of guanidine groups is 1. The Labute approximate surface area is 164 Å². The van der Waals surface area contributed by atoms with Crippen LogP contribution >= 0.6 is 24.0 Å². The molecule has 0 radical (unpaired) electrons. The minimum atomic E-state index is 0. The zero-order valence-electron chi connectivity index (χ0n) is 15.7. The van der Waals surface area contributed by atoms with Gasteiger partial charge in [0.1, 0.15) is 0 Å². The van der Waals surface area contributed by atoms with E-state index in [1.165, 1.54) is 0 Å². The molecular weight excluding hydrogens is 419 g/mol. The highest BCUT2D eigenvalue weighted by Gasteiger charge is 2.23. The Morgan fingerprint density at radius 3 is 2.79 bits per heavy atom. The summed E-state index contributed by atoms with van der Waals surface area (Å²) in [6, 6.07) is 0. The molecule has 0 spiro atoms. The van der Waals surface area contributed by atoms with Crippen LogP contribution < -0.4 is 5.32 Å². The molecule has 0 aliphatic carbocycles. The van der Waals surface area contributed by atoms with E-state index < -0.39 is 0 Å². The quantitative estimate of drug-likeness (QED) is 0.375. The highest BCUT2D eigenvalue weighted by atomic mass is 127. The lowest BCUT2D eigenvalue weighted by Gasteiger charge is -2.34. The fourth-order valence-electron chi connectivity index (χ4n) is 3.38. The van der Waals surface area contributed by atoms with Gasteiger partial charge in [0.15, 0.2) is 5.96 Å². The van der Waals surface area contributed by atoms with Gasteiger partial charge < -0.3 is 19.7 Å². The van der Waals surface area contributed by atoms with E-state index in [1.54, 1.807) is 0 Å². The monoisotopic (exact) mass is 454 g/mol. The second-order valence-electron chi connectivity index (χ2n) is 7.18. The Kier molecular flexibility index (Phi) is 10.5. The number of aliphatic imine (C=N–C) groups is 1. The van der Waals surface area contributed by atoms with Gasteiger partial charge in [0, 0.05) is 59.3 Å². The van der Waals surface area contributed by atoms with Gasteiger partial charge in [0.05, 0.1) is 19.3 Å². The lowest BCUT2D eigenvalue weighted by Crippen LogP contribution is -2.50. The van der Waals surface area contributed by atoms with Crippen molar-refractivity contribution >= 4 is 29.9 Å². The second kappa shape index (κ2) is 11.5. The van der Waals surface area contributed by atoms with Gasteiger partial charge >= 0.3 is 0 Å². The van der Waals surface area contributed by atoms with Crippen LogP contribution in [0.25, 0.3) is 0 Å². The maximum atomic E-state index is 5.90. The van der Waals surface area contributed by atoms with Crippen LogP contribution in [-0.2, 0) is 9.47 Å². The number of nitrogens with one attached hydrogen (secondary N) is 1. The average Bonchev–Trinajstić information content (AvgIpc) is 3.00. The summed E-state index contributed by atoms with van der Waals surface area (Å²) >= 11 is 0. The molecule has 0 aromatic rings. The number of rotatable bonds is 6. The molecule has 0 aromatic heterocycles. The van der Waals surface area contributed by atoms with E-state index in [1.807, 2.05) is 7.05 Å². The molecule has 2 heterocycles. The molecule has 2 unspecified atom stereocenters. The molecular formula is C17H35IN4O2. The van der Waals surface area contributed by atoms with Crippen LogP contribution in [0.15, 0.2) is 4.99 Å². The fraction of sp³-hybridized carbons (Fsp3) is 0.941. The van der Waals surface area contributed by atoms with Crippen molar-refractivity contribution in [3.05, 3.63) is 0 Å². The minimum Gasteiger partial charge on any atom is -0.381 e. The zero-order chi connectivity index (χ0) is 16.7. The van der Waals surface area contributed by atoms with Crippen LogP contribution in [0.1, 0.15) is 20.3 Å². The largest absolute Gasteiger partial charge is 0.381 e. The van der Waals surface area contributed by atoms with E-state index in [0.29, 0.717) is 11.8 Å². The van der Waals surface area contributed by atoms with Gasteiger partial charge in [-0.1, -0.05) is 13.8 Å². The van der Waals surface area contributed by atoms with Gasteiger partial charge in [-0.15, -0.1) is 24.0 Å². The summed E-state index contributed by atoms with van der Waals surface area (Å²) in [4.78, 5) is 9.11. The van der Waals surface area contributed by atoms with Gasteiger partial charge in [0.2, 0.25) is 0 Å². The molecule has 0 bridgehead atoms. The predicted octanol–water partition coefficient (Wildman–Crippen LogP) is 1.50. The predicted molar refractivity (Wildman–Crippen MR) is 109 cm³/mol. The van der Waals surface area contributed by atoms with Crippen molar-refractivity contribution in [3.8, 4) is 0 Å². The summed E-state index contributed by atoms with van der Waals surface area (Å²) in [6.45, 7) is 12.1. The molecule has 1 N–H and O–H groups in total. The molecule has 2 aliphatic heterocycles. The van der Waals surface area contributed by atoms with Crippen LogP contribution in [0.2, 0.25) is 0 Å². The average molecular weight is 454 g/mol. The Morgan fingerprint density at radius 1 is 1.38 bits per heavy atom. The maximum absolute atomic E-state index is 5.90. The molecule has 142 valence electrons. The third-order valence-electron chi connectivity index (χ3n) is 4.46. The van der Waals surface area contributed by atoms with Gasteiger partial charge in [-0.3, -0.25) is 9.89 Å². The standard InChI is InChI=1S/C17H34N4O2.HI/c1-14(2)10-21-6-8-23-16(12-21)9-19-17(18-3)20(4)11-15-5-7-22-13-15;/h14-16H,5-13H2,1-4H3,(H,18,19);1H. The Bertz CT molecular complexity index is 376. The summed E-state index contributed by atoms with van der Waals surface area (Å²) in [5.41, 5.74) is 0. The first-order valence-electron chi connectivity index (χ1n) is 8.92. The number of nitrogens with zero attached hydrogens (tertiary/aromatic N) is 3. The fourth-order valence-corrected chi connectivity index (χ4v) is 3.38. The van der Waals surface area contributed by atoms with E-state index in [4.69, 9.17) is 9.47 Å². The van der Waals surface area contributed by atoms with Crippen LogP contribution in [0.5, 0.6) is 0 Å². The van der Waals surface area contributed by atoms with Crippen molar-refractivity contribution in [2.45, 2.75) is 26.4 Å². The molecule has 2 saturated heterocycles. The highest BCUT2D eigenvalue weighted by molar-refractivity contribution is 14.0. The van der Waals surface area contributed by atoms with E-state index in [0.717, 1.165) is 64.9 Å².